The van der Waals surface area contributed by atoms with Crippen LogP contribution >= 0.6 is 0 Å². The monoisotopic (exact) mass is 149 g/mol. The van der Waals surface area contributed by atoms with Gasteiger partial charge in [0.25, 0.3) is 0 Å². The number of hydrogen-bond acceptors (Lipinski definition) is 3. The van der Waals surface area contributed by atoms with Crippen molar-refractivity contribution < 1.29 is 6.15 Å². The first-order valence-corrected chi connectivity index (χ1v) is 3.39. The summed E-state index contributed by atoms with van der Waals surface area (Å²) in [5.41, 5.74) is 1.93. The second-order valence-electron chi connectivity index (χ2n) is 2.19. The van der Waals surface area contributed by atoms with Gasteiger partial charge in [-0.3, -0.25) is 5.42 Å². The molecule has 1 aliphatic heterocycles. The fourth-order valence-electron chi connectivity index (χ4n) is 0.934. The summed E-state index contributed by atoms with van der Waals surface area (Å²) in [6.45, 7) is 0.213. The van der Waals surface area contributed by atoms with Gasteiger partial charge in [0, 0.05) is 5.56 Å². The van der Waals surface area contributed by atoms with E-state index in [1.165, 1.54) is 0 Å². The Balaban J connectivity index is 2.27. The molecule has 1 aromatic carbocycles. The van der Waals surface area contributed by atoms with Crippen LogP contribution in [0, 0.1) is 0 Å². The third kappa shape index (κ3) is 1.17. The molecule has 0 bridgehead atoms. The number of hydrogen-bond donors (Lipinski definition) is 1. The molecular weight excluding hydrogens is 140 g/mol. The second-order valence-corrected chi connectivity index (χ2v) is 2.19. The van der Waals surface area contributed by atoms with Gasteiger partial charge in [0.2, 0.25) is 5.90 Å². The zero-order valence-corrected chi connectivity index (χ0v) is 5.90. The molecule has 0 unspecified atom stereocenters. The van der Waals surface area contributed by atoms with E-state index in [4.69, 9.17) is 6.15 Å². The summed E-state index contributed by atoms with van der Waals surface area (Å²) in [6, 6.07) is 9.55. The average molecular weight is 149 g/mol. The molecule has 3 nitrogen and oxygen atoms in total. The van der Waals surface area contributed by atoms with Crippen molar-refractivity contribution in [3.8, 4) is 0 Å². The van der Waals surface area contributed by atoms with Crippen LogP contribution in [0.3, 0.4) is 0 Å². The van der Waals surface area contributed by atoms with Gasteiger partial charge in [0.15, 0.2) is 8.14 Å². The zero-order chi connectivity index (χ0) is 8.39. The smallest absolute Gasteiger partial charge is 0.239 e. The van der Waals surface area contributed by atoms with E-state index in [9.17, 15) is 0 Å². The fourth-order valence-corrected chi connectivity index (χ4v) is 0.934. The maximum atomic E-state index is 7.13. The van der Waals surface area contributed by atoms with Gasteiger partial charge in [-0.2, -0.15) is 0 Å². The maximum absolute atomic E-state index is 7.13. The van der Waals surface area contributed by atoms with Crippen molar-refractivity contribution in [2.24, 2.45) is 5.10 Å². The van der Waals surface area contributed by atoms with Crippen molar-refractivity contribution in [1.29, 1.82) is 0 Å². The Morgan fingerprint density at radius 3 is 2.91 bits per heavy atom. The van der Waals surface area contributed by atoms with Crippen LogP contribution in [0.25, 0.3) is 0 Å². The Hall–Kier alpha value is -1.51. The molecule has 3 heteroatoms. The lowest BCUT2D eigenvalue weighted by molar-refractivity contribution is 0.316. The number of nitrogens with one attached hydrogen (secondary N) is 1. The lowest BCUT2D eigenvalue weighted by Gasteiger charge is -1.97. The molecule has 0 saturated heterocycles. The predicted octanol–water partition coefficient (Wildman–Crippen LogP) is 0.926. The minimum absolute atomic E-state index is 0.213. The van der Waals surface area contributed by atoms with Gasteiger partial charge in [-0.15, -0.1) is 5.10 Å². The highest BCUT2D eigenvalue weighted by Gasteiger charge is 2.07. The predicted molar refractivity (Wildman–Crippen MR) is 42.1 cm³/mol. The van der Waals surface area contributed by atoms with Gasteiger partial charge in [0.1, 0.15) is 0 Å². The maximum Gasteiger partial charge on any atom is 0.239 e. The van der Waals surface area contributed by atoms with Crippen molar-refractivity contribution >= 4 is 5.90 Å². The van der Waals surface area contributed by atoms with E-state index >= 15 is 0 Å². The van der Waals surface area contributed by atoms with Crippen LogP contribution in [0.15, 0.2) is 35.4 Å². The quantitative estimate of drug-likeness (QED) is 0.644. The summed E-state index contributed by atoms with van der Waals surface area (Å²) in [5, 5.41) is 3.85. The van der Waals surface area contributed by atoms with E-state index in [0.717, 1.165) is 11.0 Å². The van der Waals surface area contributed by atoms with Crippen molar-refractivity contribution in [3.63, 3.8) is 0 Å². The van der Waals surface area contributed by atoms with E-state index in [1.54, 1.807) is 0 Å². The molecule has 1 N–H and O–H groups in total. The Labute approximate surface area is 66.1 Å². The molecular formula is C8H8N2O. The van der Waals surface area contributed by atoms with Crippen LogP contribution in [-0.2, 0) is 4.74 Å². The first-order valence-electron chi connectivity index (χ1n) is 3.84. The van der Waals surface area contributed by atoms with Gasteiger partial charge in [0.05, 0.1) is 0 Å². The number of ether oxygens (including phenoxy) is 1. The van der Waals surface area contributed by atoms with Crippen LogP contribution in [-0.4, -0.2) is 12.6 Å². The van der Waals surface area contributed by atoms with Crippen molar-refractivity contribution in [2.75, 3.05) is 6.73 Å². The topological polar surface area (TPSA) is 33.6 Å². The molecule has 1 aliphatic rings. The molecule has 0 saturated carbocycles. The highest BCUT2D eigenvalue weighted by Crippen LogP contribution is 2.03. The molecule has 0 atom stereocenters. The summed E-state index contributed by atoms with van der Waals surface area (Å²) in [7, 11) is 0. The Kier molecular flexibility index (Phi) is 1.23. The van der Waals surface area contributed by atoms with Crippen molar-refractivity contribution in [1.82, 2.24) is 5.42 Å². The fraction of sp³-hybridized carbons (Fsp3) is 0.125. The zero-order valence-electron chi connectivity index (χ0n) is 6.90. The van der Waals surface area contributed by atoms with E-state index in [-0.39, 0.29) is 6.73 Å². The summed E-state index contributed by atoms with van der Waals surface area (Å²) < 4.78 is 12.3. The minimum Gasteiger partial charge on any atom is -0.454 e. The standard InChI is InChI=1S/C8H8N2O/c1-2-4-7(5-3-1)8-10-9-6-11-8/h1-5,9H,6H2/i/hD. The van der Waals surface area contributed by atoms with E-state index in [1.807, 2.05) is 30.3 Å². The lowest BCUT2D eigenvalue weighted by Crippen LogP contribution is -2.01. The molecule has 0 amide bonds. The molecule has 1 aromatic rings. The van der Waals surface area contributed by atoms with Crippen LogP contribution in [0.5, 0.6) is 0 Å². The molecule has 0 aliphatic carbocycles. The molecule has 56 valence electrons. The molecule has 1 heterocycles. The van der Waals surface area contributed by atoms with E-state index in [0.29, 0.717) is 5.90 Å². The summed E-state index contributed by atoms with van der Waals surface area (Å²) in [5.74, 6) is 0.519. The molecule has 2 rings (SSSR count). The number of nitrogens with zero attached hydrogens (tertiary/aromatic N) is 1. The largest absolute Gasteiger partial charge is 0.454 e. The molecule has 0 radical (unpaired) electrons. The van der Waals surface area contributed by atoms with Gasteiger partial charge >= 0.3 is 0 Å². The summed E-state index contributed by atoms with van der Waals surface area (Å²) >= 11 is 0. The Morgan fingerprint density at radius 2 is 2.27 bits per heavy atom. The van der Waals surface area contributed by atoms with Gasteiger partial charge in [-0.05, 0) is 12.1 Å². The SMILES string of the molecule is [2H]N1COC(c2ccccc2)=N1. The average Bonchev–Trinajstić information content (AvgIpc) is 2.54. The molecule has 0 fully saturated rings. The van der Waals surface area contributed by atoms with Gasteiger partial charge in [-0.25, -0.2) is 0 Å². The normalized spacial score (nSPS) is 17.3. The summed E-state index contributed by atoms with van der Waals surface area (Å²) in [4.78, 5) is 0. The van der Waals surface area contributed by atoms with Crippen LogP contribution in [0.1, 0.15) is 5.56 Å². The van der Waals surface area contributed by atoms with Crippen LogP contribution in [0.2, 0.25) is 1.41 Å². The van der Waals surface area contributed by atoms with E-state index in [2.05, 4.69) is 5.10 Å². The molecule has 0 aromatic heterocycles. The third-order valence-electron chi connectivity index (χ3n) is 1.44. The number of rotatable bonds is 1. The highest BCUT2D eigenvalue weighted by molar-refractivity contribution is 5.94. The van der Waals surface area contributed by atoms with Gasteiger partial charge < -0.3 is 4.74 Å². The first kappa shape index (κ1) is 5.18. The minimum atomic E-state index is 0.213. The number of hydrazone groups is 1. The molecule has 0 spiro atoms. The van der Waals surface area contributed by atoms with E-state index < -0.39 is 0 Å². The number of benzene rings is 1. The van der Waals surface area contributed by atoms with Crippen molar-refractivity contribution in [2.45, 2.75) is 0 Å². The Bertz CT molecular complexity index is 299. The summed E-state index contributed by atoms with van der Waals surface area (Å²) in [6.07, 6.45) is 0. The lowest BCUT2D eigenvalue weighted by atomic mass is 10.2. The van der Waals surface area contributed by atoms with Crippen molar-refractivity contribution in [3.05, 3.63) is 35.9 Å². The first-order chi connectivity index (χ1) is 5.86. The molecule has 11 heavy (non-hydrogen) atoms. The third-order valence-corrected chi connectivity index (χ3v) is 1.44. The van der Waals surface area contributed by atoms with Gasteiger partial charge in [-0.1, -0.05) is 18.2 Å². The van der Waals surface area contributed by atoms with Crippen LogP contribution < -0.4 is 5.42 Å². The second kappa shape index (κ2) is 2.62. The van der Waals surface area contributed by atoms with Crippen LogP contribution in [0.4, 0.5) is 0 Å². The highest BCUT2D eigenvalue weighted by atomic mass is 16.5. The Morgan fingerprint density at radius 1 is 1.45 bits per heavy atom.